The first-order valence-electron chi connectivity index (χ1n) is 28.2. The van der Waals surface area contributed by atoms with E-state index < -0.39 is 5.97 Å². The maximum absolute atomic E-state index is 11.6. The number of carbonyl (C=O) groups excluding carboxylic acids is 2. The largest absolute Gasteiger partial charge is 0.493 e. The first-order chi connectivity index (χ1) is 35.3. The highest BCUT2D eigenvalue weighted by Gasteiger charge is 2.25. The Morgan fingerprint density at radius 2 is 0.865 bits per heavy atom. The topological polar surface area (TPSA) is 108 Å². The molecule has 3 fully saturated rings. The Bertz CT molecular complexity index is 2450. The average Bonchev–Trinajstić information content (AvgIpc) is 3.35. The van der Waals surface area contributed by atoms with Crippen LogP contribution in [0.3, 0.4) is 0 Å². The van der Waals surface area contributed by atoms with E-state index in [1.54, 1.807) is 6.08 Å². The third-order valence-corrected chi connectivity index (χ3v) is 15.5. The molecule has 4 aliphatic rings. The zero-order valence-electron chi connectivity index (χ0n) is 47.8. The van der Waals surface area contributed by atoms with Crippen LogP contribution in [0.4, 0.5) is 0 Å². The number of benzene rings is 4. The highest BCUT2D eigenvalue weighted by molar-refractivity contribution is 5.98. The van der Waals surface area contributed by atoms with Crippen molar-refractivity contribution in [3.05, 3.63) is 121 Å². The van der Waals surface area contributed by atoms with E-state index in [9.17, 15) is 14.4 Å². The lowest BCUT2D eigenvalue weighted by Crippen LogP contribution is -2.13. The summed E-state index contributed by atoms with van der Waals surface area (Å²) in [6, 6.07) is 17.7. The van der Waals surface area contributed by atoms with E-state index in [1.165, 1.54) is 101 Å². The van der Waals surface area contributed by atoms with Crippen LogP contribution in [0.25, 0.3) is 5.57 Å². The first kappa shape index (κ1) is 59.5. The Kier molecular flexibility index (Phi) is 23.4. The molecule has 404 valence electrons. The minimum Gasteiger partial charge on any atom is -0.493 e. The van der Waals surface area contributed by atoms with Gasteiger partial charge in [-0.15, -0.1) is 0 Å². The second kappa shape index (κ2) is 29.1. The molecule has 74 heavy (non-hydrogen) atoms. The molecule has 0 aromatic heterocycles. The number of aliphatic carboxylic acids is 1. The number of Topliss-reactive ketones (excluding diaryl/α,β-unsaturated/α-hetero) is 1. The van der Waals surface area contributed by atoms with E-state index in [-0.39, 0.29) is 12.4 Å². The van der Waals surface area contributed by atoms with Gasteiger partial charge >= 0.3 is 5.97 Å². The maximum Gasteiger partial charge on any atom is 0.341 e. The van der Waals surface area contributed by atoms with Gasteiger partial charge in [-0.3, -0.25) is 9.59 Å². The molecule has 8 heteroatoms. The van der Waals surface area contributed by atoms with E-state index in [1.807, 2.05) is 27.7 Å². The highest BCUT2D eigenvalue weighted by atomic mass is 16.5. The predicted octanol–water partition coefficient (Wildman–Crippen LogP) is 16.8. The molecule has 5 atom stereocenters. The van der Waals surface area contributed by atoms with Crippen LogP contribution in [0.2, 0.25) is 0 Å². The number of hydrogen-bond donors (Lipinski definition) is 1. The smallest absolute Gasteiger partial charge is 0.341 e. The van der Waals surface area contributed by atoms with Crippen molar-refractivity contribution in [3.63, 3.8) is 0 Å². The fourth-order valence-electron chi connectivity index (χ4n) is 12.1. The number of carboxylic acids is 1. The monoisotopic (exact) mass is 1010 g/mol. The Hall–Kier alpha value is -5.37. The number of aryl methyl sites for hydroxylation is 8. The summed E-state index contributed by atoms with van der Waals surface area (Å²) in [5.41, 5.74) is 15.9. The summed E-state index contributed by atoms with van der Waals surface area (Å²) in [7, 11) is 0. The minimum absolute atomic E-state index is 0.250. The van der Waals surface area contributed by atoms with Gasteiger partial charge in [0.1, 0.15) is 28.8 Å². The lowest BCUT2D eigenvalue weighted by molar-refractivity contribution is -0.139. The zero-order chi connectivity index (χ0) is 54.1. The minimum atomic E-state index is -0.936. The van der Waals surface area contributed by atoms with Crippen LogP contribution < -0.4 is 18.9 Å². The summed E-state index contributed by atoms with van der Waals surface area (Å²) in [4.78, 5) is 33.7. The molecule has 3 saturated carbocycles. The molecule has 4 aromatic carbocycles. The van der Waals surface area contributed by atoms with E-state index in [4.69, 9.17) is 24.1 Å². The Morgan fingerprint density at radius 1 is 0.486 bits per heavy atom. The SMILES string of the molecule is CCOc1c(C)cc(C2=CC(=O)CCC2)cc1C.CCOc1c(C)cc(C2CCCC(=O)C2)cc1C.CCOc1c(C)cc(C2CCCC(C)C2)cc1C.Cc1cc(C2CCCC(C)C2)cc(C)c1OCC(=O)O. The highest BCUT2D eigenvalue weighted by Crippen LogP contribution is 2.41. The molecule has 0 heterocycles. The lowest BCUT2D eigenvalue weighted by atomic mass is 9.78. The van der Waals surface area contributed by atoms with Gasteiger partial charge in [0.05, 0.1) is 19.8 Å². The Balaban J connectivity index is 0.000000183. The van der Waals surface area contributed by atoms with Gasteiger partial charge in [0, 0.05) is 19.3 Å². The molecule has 8 nitrogen and oxygen atoms in total. The molecule has 0 aliphatic heterocycles. The molecule has 4 aliphatic carbocycles. The van der Waals surface area contributed by atoms with Crippen molar-refractivity contribution < 1.29 is 38.4 Å². The number of carboxylic acid groups (broad SMARTS) is 1. The Labute approximate surface area is 446 Å². The fraction of sp³-hybridized carbons (Fsp3) is 0.561. The van der Waals surface area contributed by atoms with Gasteiger partial charge < -0.3 is 24.1 Å². The quantitative estimate of drug-likeness (QED) is 0.141. The van der Waals surface area contributed by atoms with Crippen molar-refractivity contribution in [2.75, 3.05) is 26.4 Å². The van der Waals surface area contributed by atoms with Crippen LogP contribution in [0, 0.1) is 67.2 Å². The number of rotatable bonds is 13. The van der Waals surface area contributed by atoms with Crippen LogP contribution in [-0.4, -0.2) is 49.1 Å². The van der Waals surface area contributed by atoms with E-state index in [0.717, 1.165) is 102 Å². The van der Waals surface area contributed by atoms with Gasteiger partial charge in [0.15, 0.2) is 12.4 Å². The van der Waals surface area contributed by atoms with E-state index >= 15 is 0 Å². The molecule has 0 spiro atoms. The van der Waals surface area contributed by atoms with Crippen molar-refractivity contribution >= 4 is 23.1 Å². The third kappa shape index (κ3) is 17.3. The van der Waals surface area contributed by atoms with Crippen LogP contribution in [0.5, 0.6) is 23.0 Å². The number of carbonyl (C=O) groups is 3. The maximum atomic E-state index is 11.6. The summed E-state index contributed by atoms with van der Waals surface area (Å²) in [5, 5.41) is 8.72. The fourth-order valence-corrected chi connectivity index (χ4v) is 12.1. The van der Waals surface area contributed by atoms with E-state index in [2.05, 4.69) is 111 Å². The average molecular weight is 1010 g/mol. The predicted molar refractivity (Wildman–Crippen MR) is 304 cm³/mol. The zero-order valence-corrected chi connectivity index (χ0v) is 47.8. The van der Waals surface area contributed by atoms with Gasteiger partial charge in [0.25, 0.3) is 0 Å². The number of ether oxygens (including phenoxy) is 4. The summed E-state index contributed by atoms with van der Waals surface area (Å²) >= 11 is 0. The standard InChI is InChI=1S/C17H24O3.C17H26O.C16H22O2.C16H20O2/c1-11-5-4-6-14(7-11)15-8-12(2)17(13(3)9-15)20-10-16(18)19;1-5-18-17-13(3)10-16(11-14(17)4)15-8-6-7-12(2)9-15;2*1-4-18-16-11(2)8-14(9-12(16)3)13-6-5-7-15(17)10-13/h8-9,11,14H,4-7,10H2,1-3H3,(H,18,19);10-12,15H,5-9H2,1-4H3;8-9,13H,4-7,10H2,1-3H3;8-10H,4-7H2,1-3H3. The van der Waals surface area contributed by atoms with Crippen LogP contribution in [0.15, 0.2) is 54.6 Å². The molecule has 5 unspecified atom stereocenters. The molecular formula is C66H92O8. The molecule has 8 rings (SSSR count). The van der Waals surface area contributed by atoms with Gasteiger partial charge in [-0.2, -0.15) is 0 Å². The lowest BCUT2D eigenvalue weighted by Gasteiger charge is -2.28. The molecule has 0 amide bonds. The van der Waals surface area contributed by atoms with Crippen molar-refractivity contribution in [1.29, 1.82) is 0 Å². The summed E-state index contributed by atoms with van der Waals surface area (Å²) < 4.78 is 22.4. The van der Waals surface area contributed by atoms with Crippen molar-refractivity contribution in [2.24, 2.45) is 11.8 Å². The molecule has 0 saturated heterocycles. The van der Waals surface area contributed by atoms with Crippen molar-refractivity contribution in [3.8, 4) is 23.0 Å². The molecule has 0 radical (unpaired) electrons. The van der Waals surface area contributed by atoms with Crippen LogP contribution in [-0.2, 0) is 14.4 Å². The Morgan fingerprint density at radius 3 is 1.23 bits per heavy atom. The second-order valence-electron chi connectivity index (χ2n) is 22.1. The van der Waals surface area contributed by atoms with Gasteiger partial charge in [-0.1, -0.05) is 75.9 Å². The number of allylic oxidation sites excluding steroid dienone is 2. The summed E-state index contributed by atoms with van der Waals surface area (Å²) in [5.74, 6) is 7.03. The third-order valence-electron chi connectivity index (χ3n) is 15.5. The van der Waals surface area contributed by atoms with Crippen molar-refractivity contribution in [1.82, 2.24) is 0 Å². The van der Waals surface area contributed by atoms with Gasteiger partial charge in [-0.25, -0.2) is 4.79 Å². The normalized spacial score (nSPS) is 20.6. The summed E-state index contributed by atoms with van der Waals surface area (Å²) in [6.07, 6.45) is 18.8. The molecular weight excluding hydrogens is 921 g/mol. The number of hydrogen-bond acceptors (Lipinski definition) is 7. The second-order valence-corrected chi connectivity index (χ2v) is 22.1. The molecule has 4 aromatic rings. The molecule has 0 bridgehead atoms. The number of ketones is 2. The van der Waals surface area contributed by atoms with Gasteiger partial charge in [-0.05, 0) is 248 Å². The molecule has 1 N–H and O–H groups in total. The first-order valence-corrected chi connectivity index (χ1v) is 28.2. The van der Waals surface area contributed by atoms with Crippen molar-refractivity contribution in [2.45, 2.75) is 204 Å². The summed E-state index contributed by atoms with van der Waals surface area (Å²) in [6.45, 7) is 29.3. The van der Waals surface area contributed by atoms with Crippen LogP contribution >= 0.6 is 0 Å². The van der Waals surface area contributed by atoms with Crippen LogP contribution in [0.1, 0.15) is 215 Å². The van der Waals surface area contributed by atoms with E-state index in [0.29, 0.717) is 43.7 Å². The van der Waals surface area contributed by atoms with Gasteiger partial charge in [0.2, 0.25) is 0 Å².